The molecule has 1 aliphatic rings. The van der Waals surface area contributed by atoms with E-state index in [9.17, 15) is 9.59 Å². The van der Waals surface area contributed by atoms with Crippen LogP contribution >= 0.6 is 0 Å². The lowest BCUT2D eigenvalue weighted by atomic mass is 9.90. The maximum atomic E-state index is 12.2. The maximum Gasteiger partial charge on any atom is 0.318 e. The minimum Gasteiger partial charge on any atom is -0.480 e. The van der Waals surface area contributed by atoms with Crippen LogP contribution in [0.4, 0.5) is 0 Å². The fourth-order valence-corrected chi connectivity index (χ4v) is 2.16. The molecule has 18 heavy (non-hydrogen) atoms. The normalized spacial score (nSPS) is 15.1. The molecule has 1 heterocycles. The average molecular weight is 247 g/mol. The molecule has 0 aliphatic carbocycles. The molecule has 4 heteroatoms. The van der Waals surface area contributed by atoms with E-state index < -0.39 is 11.4 Å². The summed E-state index contributed by atoms with van der Waals surface area (Å²) in [7, 11) is 0. The smallest absolute Gasteiger partial charge is 0.318 e. The van der Waals surface area contributed by atoms with Crippen molar-refractivity contribution in [1.29, 1.82) is 0 Å². The average Bonchev–Trinajstić information content (AvgIpc) is 2.37. The third-order valence-corrected chi connectivity index (χ3v) is 3.49. The molecule has 96 valence electrons. The molecule has 0 atom stereocenters. The van der Waals surface area contributed by atoms with Gasteiger partial charge in [-0.15, -0.1) is 0 Å². The fraction of sp³-hybridized carbons (Fsp3) is 0.429. The molecule has 1 aromatic rings. The van der Waals surface area contributed by atoms with E-state index in [1.54, 1.807) is 4.90 Å². The summed E-state index contributed by atoms with van der Waals surface area (Å²) in [4.78, 5) is 25.0. The molecule has 0 unspecified atom stereocenters. The van der Waals surface area contributed by atoms with Crippen LogP contribution in [-0.4, -0.2) is 28.4 Å². The molecule has 1 aromatic carbocycles. The molecule has 4 nitrogen and oxygen atoms in total. The van der Waals surface area contributed by atoms with Crippen LogP contribution in [0.25, 0.3) is 0 Å². The van der Waals surface area contributed by atoms with Gasteiger partial charge in [-0.1, -0.05) is 24.3 Å². The van der Waals surface area contributed by atoms with E-state index in [4.69, 9.17) is 5.11 Å². The number of nitrogens with zero attached hydrogens (tertiary/aromatic N) is 1. The summed E-state index contributed by atoms with van der Waals surface area (Å²) < 4.78 is 0. The summed E-state index contributed by atoms with van der Waals surface area (Å²) in [5.41, 5.74) is 1.000. The first-order chi connectivity index (χ1) is 8.43. The monoisotopic (exact) mass is 247 g/mol. The van der Waals surface area contributed by atoms with Crippen LogP contribution in [0.5, 0.6) is 0 Å². The van der Waals surface area contributed by atoms with E-state index in [-0.39, 0.29) is 5.91 Å². The van der Waals surface area contributed by atoms with Crippen molar-refractivity contribution < 1.29 is 14.7 Å². The van der Waals surface area contributed by atoms with Gasteiger partial charge in [0.05, 0.1) is 0 Å². The molecule has 0 bridgehead atoms. The molecular weight excluding hydrogens is 230 g/mol. The summed E-state index contributed by atoms with van der Waals surface area (Å²) in [5.74, 6) is -1.39. The van der Waals surface area contributed by atoms with Gasteiger partial charge >= 0.3 is 5.97 Å². The van der Waals surface area contributed by atoms with E-state index in [1.165, 1.54) is 19.4 Å². The number of carboxylic acids is 1. The number of aliphatic carboxylic acids is 1. The zero-order valence-corrected chi connectivity index (χ0v) is 10.6. The second-order valence-electron chi connectivity index (χ2n) is 5.18. The lowest BCUT2D eigenvalue weighted by Crippen LogP contribution is -2.47. The predicted octanol–water partition coefficient (Wildman–Crippen LogP) is 1.68. The number of rotatable bonds is 2. The molecule has 0 saturated heterocycles. The first-order valence-corrected chi connectivity index (χ1v) is 6.02. The predicted molar refractivity (Wildman–Crippen MR) is 67.0 cm³/mol. The van der Waals surface area contributed by atoms with Crippen molar-refractivity contribution in [3.63, 3.8) is 0 Å². The number of carbonyl (C=O) groups is 2. The lowest BCUT2D eigenvalue weighted by molar-refractivity contribution is -0.158. The molecule has 0 spiro atoms. The molecule has 0 radical (unpaired) electrons. The van der Waals surface area contributed by atoms with Crippen molar-refractivity contribution in [2.24, 2.45) is 5.41 Å². The largest absolute Gasteiger partial charge is 0.480 e. The summed E-state index contributed by atoms with van der Waals surface area (Å²) in [6.45, 7) is 4.01. The SMILES string of the molecule is CC(C)(C(=O)O)C(=O)N1CCc2ccccc2C1. The maximum absolute atomic E-state index is 12.2. The van der Waals surface area contributed by atoms with Gasteiger partial charge in [0, 0.05) is 13.1 Å². The number of hydrogen-bond donors (Lipinski definition) is 1. The van der Waals surface area contributed by atoms with Gasteiger partial charge in [0.25, 0.3) is 0 Å². The highest BCUT2D eigenvalue weighted by molar-refractivity contribution is 6.01. The van der Waals surface area contributed by atoms with Crippen LogP contribution in [0.2, 0.25) is 0 Å². The van der Waals surface area contributed by atoms with E-state index in [2.05, 4.69) is 6.07 Å². The number of carboxylic acid groups (broad SMARTS) is 1. The molecule has 1 N–H and O–H groups in total. The fourth-order valence-electron chi connectivity index (χ4n) is 2.16. The number of hydrogen-bond acceptors (Lipinski definition) is 2. The highest BCUT2D eigenvalue weighted by Crippen LogP contribution is 2.25. The Morgan fingerprint density at radius 1 is 1.22 bits per heavy atom. The minimum atomic E-state index is -1.35. The van der Waals surface area contributed by atoms with Crippen LogP contribution in [0.3, 0.4) is 0 Å². The highest BCUT2D eigenvalue weighted by atomic mass is 16.4. The Labute approximate surface area is 106 Å². The number of benzene rings is 1. The Kier molecular flexibility index (Phi) is 3.11. The zero-order chi connectivity index (χ0) is 13.3. The molecule has 1 amide bonds. The van der Waals surface area contributed by atoms with Crippen molar-refractivity contribution in [3.8, 4) is 0 Å². The topological polar surface area (TPSA) is 57.6 Å². The van der Waals surface area contributed by atoms with Gasteiger partial charge in [-0.3, -0.25) is 9.59 Å². The molecule has 0 fully saturated rings. The van der Waals surface area contributed by atoms with Crippen molar-refractivity contribution >= 4 is 11.9 Å². The quantitative estimate of drug-likeness (QED) is 0.809. The van der Waals surface area contributed by atoms with Crippen molar-refractivity contribution in [2.75, 3.05) is 6.54 Å². The Morgan fingerprint density at radius 3 is 2.44 bits per heavy atom. The van der Waals surface area contributed by atoms with Crippen molar-refractivity contribution in [3.05, 3.63) is 35.4 Å². The van der Waals surface area contributed by atoms with Crippen molar-refractivity contribution in [2.45, 2.75) is 26.8 Å². The summed E-state index contributed by atoms with van der Waals surface area (Å²) in [6, 6.07) is 7.97. The first kappa shape index (κ1) is 12.6. The van der Waals surface area contributed by atoms with Gasteiger partial charge in [0.2, 0.25) is 5.91 Å². The Morgan fingerprint density at radius 2 is 1.83 bits per heavy atom. The highest BCUT2D eigenvalue weighted by Gasteiger charge is 2.39. The van der Waals surface area contributed by atoms with Crippen LogP contribution in [-0.2, 0) is 22.6 Å². The molecule has 0 saturated carbocycles. The lowest BCUT2D eigenvalue weighted by Gasteiger charge is -2.33. The van der Waals surface area contributed by atoms with Gasteiger partial charge in [-0.05, 0) is 31.4 Å². The third kappa shape index (κ3) is 2.10. The molecule has 0 aromatic heterocycles. The Balaban J connectivity index is 2.19. The van der Waals surface area contributed by atoms with E-state index in [0.717, 1.165) is 12.0 Å². The third-order valence-electron chi connectivity index (χ3n) is 3.49. The first-order valence-electron chi connectivity index (χ1n) is 6.02. The van der Waals surface area contributed by atoms with Crippen LogP contribution in [0.1, 0.15) is 25.0 Å². The summed E-state index contributed by atoms with van der Waals surface area (Å²) in [6.07, 6.45) is 0.789. The van der Waals surface area contributed by atoms with Crippen molar-refractivity contribution in [1.82, 2.24) is 4.90 Å². The van der Waals surface area contributed by atoms with Gasteiger partial charge in [0.1, 0.15) is 5.41 Å². The van der Waals surface area contributed by atoms with Gasteiger partial charge in [-0.25, -0.2) is 0 Å². The van der Waals surface area contributed by atoms with E-state index in [0.29, 0.717) is 13.1 Å². The number of carbonyl (C=O) groups excluding carboxylic acids is 1. The molecule has 1 aliphatic heterocycles. The molecule has 2 rings (SSSR count). The van der Waals surface area contributed by atoms with E-state index in [1.807, 2.05) is 18.2 Å². The van der Waals surface area contributed by atoms with Crippen LogP contribution < -0.4 is 0 Å². The zero-order valence-electron chi connectivity index (χ0n) is 10.6. The second-order valence-corrected chi connectivity index (χ2v) is 5.18. The second kappa shape index (κ2) is 4.44. The number of amides is 1. The van der Waals surface area contributed by atoms with E-state index >= 15 is 0 Å². The van der Waals surface area contributed by atoms with Gasteiger partial charge in [-0.2, -0.15) is 0 Å². The van der Waals surface area contributed by atoms with Gasteiger partial charge < -0.3 is 10.0 Å². The summed E-state index contributed by atoms with van der Waals surface area (Å²) >= 11 is 0. The Bertz CT molecular complexity index is 494. The van der Waals surface area contributed by atoms with Crippen LogP contribution in [0, 0.1) is 5.41 Å². The summed E-state index contributed by atoms with van der Waals surface area (Å²) in [5, 5.41) is 9.09. The Hall–Kier alpha value is -1.84. The minimum absolute atomic E-state index is 0.315. The molecular formula is C14H17NO3. The standard InChI is InChI=1S/C14H17NO3/c1-14(2,13(17)18)12(16)15-8-7-10-5-3-4-6-11(10)9-15/h3-6H,7-9H2,1-2H3,(H,17,18). The van der Waals surface area contributed by atoms with Gasteiger partial charge in [0.15, 0.2) is 0 Å². The van der Waals surface area contributed by atoms with Crippen LogP contribution in [0.15, 0.2) is 24.3 Å². The number of fused-ring (bicyclic) bond motifs is 1.